The third-order valence-electron chi connectivity index (χ3n) is 3.42. The molecular weight excluding hydrogens is 449 g/mol. The molecule has 9 heteroatoms. The van der Waals surface area contributed by atoms with E-state index in [4.69, 9.17) is 0 Å². The van der Waals surface area contributed by atoms with Gasteiger partial charge in [-0.1, -0.05) is 17.8 Å². The highest BCUT2D eigenvalue weighted by Crippen LogP contribution is 2.35. The summed E-state index contributed by atoms with van der Waals surface area (Å²) in [6.07, 6.45) is -4.38. The number of nitrogens with zero attached hydrogens (tertiary/aromatic N) is 1. The number of anilines is 1. The van der Waals surface area contributed by atoms with Crippen LogP contribution in [0.4, 0.5) is 18.9 Å². The lowest BCUT2D eigenvalue weighted by Gasteiger charge is -2.07. The fourth-order valence-electron chi connectivity index (χ4n) is 2.18. The van der Waals surface area contributed by atoms with Crippen LogP contribution < -0.4 is 5.32 Å². The van der Waals surface area contributed by atoms with Gasteiger partial charge in [0.25, 0.3) is 0 Å². The molecule has 0 unspecified atom stereocenters. The van der Waals surface area contributed by atoms with Crippen molar-refractivity contribution in [1.29, 1.82) is 0 Å². The number of benzene rings is 2. The van der Waals surface area contributed by atoms with Gasteiger partial charge in [-0.3, -0.25) is 4.79 Å². The molecule has 2 aromatic carbocycles. The maximum absolute atomic E-state index is 12.8. The van der Waals surface area contributed by atoms with Gasteiger partial charge in [-0.25, -0.2) is 4.98 Å². The Morgan fingerprint density at radius 2 is 2.04 bits per heavy atom. The Hall–Kier alpha value is -1.58. The third-order valence-corrected chi connectivity index (χ3v) is 6.24. The maximum Gasteiger partial charge on any atom is 0.416 e. The summed E-state index contributed by atoms with van der Waals surface area (Å²) in [6.45, 7) is 1.95. The van der Waals surface area contributed by atoms with Gasteiger partial charge in [-0.05, 0) is 58.7 Å². The second kappa shape index (κ2) is 7.58. The van der Waals surface area contributed by atoms with Crippen molar-refractivity contribution < 1.29 is 18.0 Å². The minimum atomic E-state index is -4.38. The smallest absolute Gasteiger partial charge is 0.324 e. The van der Waals surface area contributed by atoms with Crippen LogP contribution in [0.1, 0.15) is 11.1 Å². The van der Waals surface area contributed by atoms with E-state index in [-0.39, 0.29) is 11.7 Å². The number of hydrogen-bond donors (Lipinski definition) is 1. The summed E-state index contributed by atoms with van der Waals surface area (Å²) in [5.74, 6) is -0.0958. The third kappa shape index (κ3) is 4.57. The molecular formula is C17H12BrF3N2OS2. The Labute approximate surface area is 164 Å². The number of thiazole rings is 1. The first-order chi connectivity index (χ1) is 12.2. The molecule has 0 saturated carbocycles. The average molecular weight is 461 g/mol. The SMILES string of the molecule is Cc1ccc(NC(=O)CSc2nc3ccc(C(F)(F)F)cc3s2)c(Br)c1. The molecule has 3 nitrogen and oxygen atoms in total. The minimum absolute atomic E-state index is 0.117. The molecule has 1 amide bonds. The summed E-state index contributed by atoms with van der Waals surface area (Å²) < 4.78 is 40.1. The summed E-state index contributed by atoms with van der Waals surface area (Å²) in [6, 6.07) is 9.03. The standard InChI is InChI=1S/C17H12BrF3N2OS2/c1-9-2-4-12(11(18)6-9)22-15(24)8-25-16-23-13-5-3-10(17(19,20)21)7-14(13)26-16/h2-7H,8H2,1H3,(H,22,24). The minimum Gasteiger partial charge on any atom is -0.324 e. The predicted molar refractivity (Wildman–Crippen MR) is 103 cm³/mol. The van der Waals surface area contributed by atoms with E-state index in [1.807, 2.05) is 19.1 Å². The average Bonchev–Trinajstić information content (AvgIpc) is 2.97. The molecule has 136 valence electrons. The second-order valence-corrected chi connectivity index (χ2v) is 8.59. The molecule has 0 aliphatic heterocycles. The second-order valence-electron chi connectivity index (χ2n) is 5.48. The number of thioether (sulfide) groups is 1. The van der Waals surface area contributed by atoms with Crippen LogP contribution >= 0.6 is 39.0 Å². The fourth-order valence-corrected chi connectivity index (χ4v) is 4.68. The number of carbonyl (C=O) groups is 1. The number of rotatable bonds is 4. The molecule has 0 fully saturated rings. The van der Waals surface area contributed by atoms with Crippen molar-refractivity contribution in [2.45, 2.75) is 17.4 Å². The van der Waals surface area contributed by atoms with E-state index in [2.05, 4.69) is 26.2 Å². The quantitative estimate of drug-likeness (QED) is 0.477. The number of hydrogen-bond acceptors (Lipinski definition) is 4. The number of aryl methyl sites for hydroxylation is 1. The summed E-state index contributed by atoms with van der Waals surface area (Å²) >= 11 is 5.73. The van der Waals surface area contributed by atoms with E-state index >= 15 is 0 Å². The molecule has 0 spiro atoms. The van der Waals surface area contributed by atoms with E-state index in [1.54, 1.807) is 6.07 Å². The van der Waals surface area contributed by atoms with Gasteiger partial charge in [0.15, 0.2) is 4.34 Å². The van der Waals surface area contributed by atoms with Gasteiger partial charge in [-0.2, -0.15) is 13.2 Å². The van der Waals surface area contributed by atoms with Crippen LogP contribution in [0.15, 0.2) is 45.2 Å². The molecule has 0 aliphatic carbocycles. The first-order valence-electron chi connectivity index (χ1n) is 7.39. The summed E-state index contributed by atoms with van der Waals surface area (Å²) in [5.41, 5.74) is 1.52. The molecule has 0 aliphatic rings. The molecule has 26 heavy (non-hydrogen) atoms. The Balaban J connectivity index is 1.66. The molecule has 3 rings (SSSR count). The maximum atomic E-state index is 12.8. The normalized spacial score (nSPS) is 11.7. The Kier molecular flexibility index (Phi) is 5.59. The van der Waals surface area contributed by atoms with Gasteiger partial charge >= 0.3 is 6.18 Å². The van der Waals surface area contributed by atoms with E-state index < -0.39 is 11.7 Å². The van der Waals surface area contributed by atoms with Crippen LogP contribution in [0.25, 0.3) is 10.2 Å². The zero-order valence-electron chi connectivity index (χ0n) is 13.4. The van der Waals surface area contributed by atoms with Crippen LogP contribution in [0, 0.1) is 6.92 Å². The fraction of sp³-hybridized carbons (Fsp3) is 0.176. The van der Waals surface area contributed by atoms with Crippen LogP contribution in [-0.4, -0.2) is 16.6 Å². The largest absolute Gasteiger partial charge is 0.416 e. The molecule has 3 aromatic rings. The van der Waals surface area contributed by atoms with Gasteiger partial charge in [0.05, 0.1) is 27.2 Å². The van der Waals surface area contributed by atoms with Gasteiger partial charge < -0.3 is 5.32 Å². The van der Waals surface area contributed by atoms with Crippen molar-refractivity contribution in [2.24, 2.45) is 0 Å². The van der Waals surface area contributed by atoms with Crippen molar-refractivity contribution in [1.82, 2.24) is 4.98 Å². The number of alkyl halides is 3. The van der Waals surface area contributed by atoms with Gasteiger partial charge in [0.2, 0.25) is 5.91 Å². The zero-order valence-corrected chi connectivity index (χ0v) is 16.6. The van der Waals surface area contributed by atoms with Crippen molar-refractivity contribution in [3.63, 3.8) is 0 Å². The monoisotopic (exact) mass is 460 g/mol. The molecule has 1 aromatic heterocycles. The lowest BCUT2D eigenvalue weighted by atomic mass is 10.2. The van der Waals surface area contributed by atoms with E-state index in [1.165, 1.54) is 17.8 Å². The van der Waals surface area contributed by atoms with Crippen molar-refractivity contribution in [2.75, 3.05) is 11.1 Å². The number of fused-ring (bicyclic) bond motifs is 1. The topological polar surface area (TPSA) is 42.0 Å². The predicted octanol–water partition coefficient (Wildman–Crippen LogP) is 6.12. The number of carbonyl (C=O) groups excluding carboxylic acids is 1. The van der Waals surface area contributed by atoms with E-state index in [0.717, 1.165) is 33.5 Å². The number of halogens is 4. The highest BCUT2D eigenvalue weighted by atomic mass is 79.9. The Bertz CT molecular complexity index is 972. The Morgan fingerprint density at radius 1 is 1.27 bits per heavy atom. The van der Waals surface area contributed by atoms with E-state index in [9.17, 15) is 18.0 Å². The first kappa shape index (κ1) is 19.2. The lowest BCUT2D eigenvalue weighted by molar-refractivity contribution is -0.137. The van der Waals surface area contributed by atoms with Crippen LogP contribution in [0.2, 0.25) is 0 Å². The summed E-state index contributed by atoms with van der Waals surface area (Å²) in [7, 11) is 0. The summed E-state index contributed by atoms with van der Waals surface area (Å²) in [5, 5.41) is 2.79. The molecule has 1 N–H and O–H groups in total. The van der Waals surface area contributed by atoms with Crippen LogP contribution in [0.5, 0.6) is 0 Å². The first-order valence-corrected chi connectivity index (χ1v) is 9.98. The van der Waals surface area contributed by atoms with Crippen molar-refractivity contribution in [3.05, 3.63) is 52.0 Å². The van der Waals surface area contributed by atoms with Crippen molar-refractivity contribution in [3.8, 4) is 0 Å². The molecule has 0 radical (unpaired) electrons. The number of nitrogens with one attached hydrogen (secondary N) is 1. The number of aromatic nitrogens is 1. The summed E-state index contributed by atoms with van der Waals surface area (Å²) in [4.78, 5) is 16.4. The molecule has 0 saturated heterocycles. The number of amides is 1. The van der Waals surface area contributed by atoms with Gasteiger partial charge in [0.1, 0.15) is 0 Å². The van der Waals surface area contributed by atoms with E-state index in [0.29, 0.717) is 20.2 Å². The molecule has 1 heterocycles. The highest BCUT2D eigenvalue weighted by Gasteiger charge is 2.30. The van der Waals surface area contributed by atoms with Gasteiger partial charge in [0, 0.05) is 4.47 Å². The highest BCUT2D eigenvalue weighted by molar-refractivity contribution is 9.10. The Morgan fingerprint density at radius 3 is 2.73 bits per heavy atom. The van der Waals surface area contributed by atoms with Crippen LogP contribution in [0.3, 0.4) is 0 Å². The lowest BCUT2D eigenvalue weighted by Crippen LogP contribution is -2.14. The molecule has 0 bridgehead atoms. The molecule has 0 atom stereocenters. The zero-order chi connectivity index (χ0) is 18.9. The van der Waals surface area contributed by atoms with Gasteiger partial charge in [-0.15, -0.1) is 11.3 Å². The van der Waals surface area contributed by atoms with Crippen LogP contribution in [-0.2, 0) is 11.0 Å². The van der Waals surface area contributed by atoms with Crippen molar-refractivity contribution >= 4 is 60.8 Å².